The van der Waals surface area contributed by atoms with Gasteiger partial charge in [0.1, 0.15) is 12.9 Å². The third-order valence-electron chi connectivity index (χ3n) is 3.69. The smallest absolute Gasteiger partial charge is 0.146 e. The first kappa shape index (κ1) is 18.9. The lowest BCUT2D eigenvalue weighted by atomic mass is 9.80. The second-order valence-corrected chi connectivity index (χ2v) is 7.67. The van der Waals surface area contributed by atoms with Crippen LogP contribution in [-0.2, 0) is 18.9 Å². The monoisotopic (exact) mass is 302 g/mol. The molecule has 0 N–H and O–H groups in total. The number of ether oxygens (including phenoxy) is 4. The summed E-state index contributed by atoms with van der Waals surface area (Å²) in [6.45, 7) is 15.5. The first-order valence-corrected chi connectivity index (χ1v) is 8.19. The van der Waals surface area contributed by atoms with Crippen LogP contribution in [0.15, 0.2) is 0 Å². The fraction of sp³-hybridized carbons (Fsp3) is 1.00. The van der Waals surface area contributed by atoms with Gasteiger partial charge in [-0.1, -0.05) is 34.6 Å². The summed E-state index contributed by atoms with van der Waals surface area (Å²) in [6, 6.07) is 0. The molecule has 0 spiro atoms. The highest BCUT2D eigenvalue weighted by Crippen LogP contribution is 2.31. The molecule has 0 aromatic heterocycles. The van der Waals surface area contributed by atoms with Gasteiger partial charge in [-0.3, -0.25) is 0 Å². The summed E-state index contributed by atoms with van der Waals surface area (Å²) in [4.78, 5) is 0. The van der Waals surface area contributed by atoms with Crippen LogP contribution >= 0.6 is 0 Å². The summed E-state index contributed by atoms with van der Waals surface area (Å²) < 4.78 is 21.9. The molecule has 0 aliphatic carbocycles. The molecule has 0 saturated carbocycles. The minimum atomic E-state index is 0.173. The molecule has 1 unspecified atom stereocenters. The maximum Gasteiger partial charge on any atom is 0.146 e. The minimum Gasteiger partial charge on any atom is -0.378 e. The highest BCUT2D eigenvalue weighted by molar-refractivity contribution is 4.76. The summed E-state index contributed by atoms with van der Waals surface area (Å²) in [5, 5.41) is 0. The Morgan fingerprint density at radius 3 is 2.05 bits per heavy atom. The van der Waals surface area contributed by atoms with Crippen molar-refractivity contribution in [2.45, 2.75) is 60.0 Å². The van der Waals surface area contributed by atoms with Gasteiger partial charge < -0.3 is 18.9 Å². The van der Waals surface area contributed by atoms with Gasteiger partial charge in [0.2, 0.25) is 0 Å². The van der Waals surface area contributed by atoms with Gasteiger partial charge in [-0.2, -0.15) is 0 Å². The maximum absolute atomic E-state index is 5.74. The number of hydrogen-bond donors (Lipinski definition) is 0. The topological polar surface area (TPSA) is 40.2 Å². The van der Waals surface area contributed by atoms with Crippen LogP contribution in [0.1, 0.15) is 53.9 Å². The SMILES string of the molecule is CCCOCOCC(C)(C)CCC(C)(C)COCC1CO1. The molecular weight excluding hydrogens is 268 g/mol. The molecule has 0 radical (unpaired) electrons. The molecule has 1 saturated heterocycles. The lowest BCUT2D eigenvalue weighted by Crippen LogP contribution is -2.26. The van der Waals surface area contributed by atoms with E-state index in [1.807, 2.05) is 0 Å². The number of rotatable bonds is 13. The molecule has 1 aliphatic rings. The highest BCUT2D eigenvalue weighted by Gasteiger charge is 2.27. The lowest BCUT2D eigenvalue weighted by Gasteiger charge is -2.31. The molecule has 4 nitrogen and oxygen atoms in total. The molecule has 1 fully saturated rings. The van der Waals surface area contributed by atoms with Crippen molar-refractivity contribution in [2.75, 3.05) is 39.8 Å². The van der Waals surface area contributed by atoms with Crippen molar-refractivity contribution in [1.29, 1.82) is 0 Å². The molecule has 0 bridgehead atoms. The van der Waals surface area contributed by atoms with Crippen molar-refractivity contribution in [2.24, 2.45) is 10.8 Å². The van der Waals surface area contributed by atoms with Crippen molar-refractivity contribution in [3.63, 3.8) is 0 Å². The van der Waals surface area contributed by atoms with Gasteiger partial charge in [0.05, 0.1) is 26.4 Å². The Hall–Kier alpha value is -0.160. The van der Waals surface area contributed by atoms with E-state index in [1.54, 1.807) is 0 Å². The molecule has 1 aliphatic heterocycles. The van der Waals surface area contributed by atoms with E-state index in [9.17, 15) is 0 Å². The predicted octanol–water partition coefficient (Wildman–Crippen LogP) is 3.64. The normalized spacial score (nSPS) is 19.0. The highest BCUT2D eigenvalue weighted by atomic mass is 16.7. The van der Waals surface area contributed by atoms with Crippen LogP contribution in [0.2, 0.25) is 0 Å². The van der Waals surface area contributed by atoms with Crippen LogP contribution in [0.4, 0.5) is 0 Å². The van der Waals surface area contributed by atoms with Crippen LogP contribution in [0, 0.1) is 10.8 Å². The molecule has 0 aromatic carbocycles. The Kier molecular flexibility index (Phi) is 8.17. The maximum atomic E-state index is 5.74. The largest absolute Gasteiger partial charge is 0.378 e. The van der Waals surface area contributed by atoms with Gasteiger partial charge in [0, 0.05) is 6.61 Å². The van der Waals surface area contributed by atoms with Crippen molar-refractivity contribution in [3.8, 4) is 0 Å². The van der Waals surface area contributed by atoms with Gasteiger partial charge in [-0.05, 0) is 30.1 Å². The van der Waals surface area contributed by atoms with E-state index in [0.29, 0.717) is 12.9 Å². The van der Waals surface area contributed by atoms with Gasteiger partial charge in [-0.25, -0.2) is 0 Å². The summed E-state index contributed by atoms with van der Waals surface area (Å²) in [5.41, 5.74) is 0.372. The van der Waals surface area contributed by atoms with Gasteiger partial charge in [-0.15, -0.1) is 0 Å². The van der Waals surface area contributed by atoms with E-state index in [-0.39, 0.29) is 10.8 Å². The fourth-order valence-corrected chi connectivity index (χ4v) is 2.03. The van der Waals surface area contributed by atoms with E-state index < -0.39 is 0 Å². The molecule has 1 heterocycles. The van der Waals surface area contributed by atoms with Crippen LogP contribution < -0.4 is 0 Å². The zero-order chi connectivity index (χ0) is 15.8. The Morgan fingerprint density at radius 2 is 1.52 bits per heavy atom. The van der Waals surface area contributed by atoms with E-state index >= 15 is 0 Å². The Morgan fingerprint density at radius 1 is 0.952 bits per heavy atom. The van der Waals surface area contributed by atoms with Crippen molar-refractivity contribution >= 4 is 0 Å². The second kappa shape index (κ2) is 9.09. The van der Waals surface area contributed by atoms with Crippen molar-refractivity contribution in [3.05, 3.63) is 0 Å². The van der Waals surface area contributed by atoms with E-state index in [4.69, 9.17) is 18.9 Å². The fourth-order valence-electron chi connectivity index (χ4n) is 2.03. The summed E-state index contributed by atoms with van der Waals surface area (Å²) >= 11 is 0. The predicted molar refractivity (Wildman–Crippen MR) is 84.4 cm³/mol. The molecule has 0 amide bonds. The molecular formula is C17H34O4. The van der Waals surface area contributed by atoms with Crippen LogP contribution in [0.25, 0.3) is 0 Å². The molecule has 1 atom stereocenters. The molecule has 126 valence electrons. The molecule has 21 heavy (non-hydrogen) atoms. The first-order chi connectivity index (χ1) is 9.85. The summed E-state index contributed by atoms with van der Waals surface area (Å²) in [6.07, 6.45) is 3.64. The Balaban J connectivity index is 2.10. The number of epoxide rings is 1. The quantitative estimate of drug-likeness (QED) is 0.296. The zero-order valence-corrected chi connectivity index (χ0v) is 14.6. The minimum absolute atomic E-state index is 0.173. The zero-order valence-electron chi connectivity index (χ0n) is 14.6. The van der Waals surface area contributed by atoms with E-state index in [0.717, 1.165) is 52.3 Å². The summed E-state index contributed by atoms with van der Waals surface area (Å²) in [5.74, 6) is 0. The molecule has 1 rings (SSSR count). The molecule has 4 heteroatoms. The third kappa shape index (κ3) is 10.2. The summed E-state index contributed by atoms with van der Waals surface area (Å²) in [7, 11) is 0. The Bertz CT molecular complexity index is 272. The van der Waals surface area contributed by atoms with Crippen molar-refractivity contribution in [1.82, 2.24) is 0 Å². The third-order valence-corrected chi connectivity index (χ3v) is 3.69. The average molecular weight is 302 g/mol. The molecule has 0 aromatic rings. The van der Waals surface area contributed by atoms with Crippen molar-refractivity contribution < 1.29 is 18.9 Å². The standard InChI is InChI=1S/C17H34O4/c1-6-9-18-14-20-13-17(4,5)8-7-16(2,3)12-19-10-15-11-21-15/h15H,6-14H2,1-5H3. The lowest BCUT2D eigenvalue weighted by molar-refractivity contribution is -0.0795. The van der Waals surface area contributed by atoms with Crippen LogP contribution in [0.3, 0.4) is 0 Å². The van der Waals surface area contributed by atoms with E-state index in [2.05, 4.69) is 34.6 Å². The Labute approximate surface area is 130 Å². The van der Waals surface area contributed by atoms with Gasteiger partial charge in [0.25, 0.3) is 0 Å². The first-order valence-electron chi connectivity index (χ1n) is 8.19. The average Bonchev–Trinajstić information content (AvgIpc) is 3.21. The van der Waals surface area contributed by atoms with Crippen LogP contribution in [0.5, 0.6) is 0 Å². The van der Waals surface area contributed by atoms with Gasteiger partial charge >= 0.3 is 0 Å². The van der Waals surface area contributed by atoms with E-state index in [1.165, 1.54) is 0 Å². The van der Waals surface area contributed by atoms with Crippen LogP contribution in [-0.4, -0.2) is 45.9 Å². The number of hydrogen-bond acceptors (Lipinski definition) is 4. The second-order valence-electron chi connectivity index (χ2n) is 7.67. The van der Waals surface area contributed by atoms with Gasteiger partial charge in [0.15, 0.2) is 0 Å².